The molecule has 1 aromatic heterocycles. The largest absolute Gasteiger partial charge is 0.309 e. The molecule has 1 N–H and O–H groups in total. The van der Waals surface area contributed by atoms with Crippen LogP contribution >= 0.6 is 0 Å². The lowest BCUT2D eigenvalue weighted by atomic mass is 10.1. The molecule has 6 heteroatoms. The maximum atomic E-state index is 11.5. The molecule has 19 heavy (non-hydrogen) atoms. The van der Waals surface area contributed by atoms with Crippen LogP contribution in [0.2, 0.25) is 0 Å². The third-order valence-electron chi connectivity index (χ3n) is 2.97. The van der Waals surface area contributed by atoms with Crippen LogP contribution in [0.1, 0.15) is 44.8 Å². The monoisotopic (exact) mass is 285 g/mol. The lowest BCUT2D eigenvalue weighted by Gasteiger charge is -2.17. The zero-order valence-corrected chi connectivity index (χ0v) is 12.5. The Morgan fingerprint density at radius 1 is 1.32 bits per heavy atom. The summed E-state index contributed by atoms with van der Waals surface area (Å²) in [5.41, 5.74) is 0.879. The van der Waals surface area contributed by atoms with Crippen molar-refractivity contribution in [3.63, 3.8) is 0 Å². The highest BCUT2D eigenvalue weighted by molar-refractivity contribution is 7.91. The number of rotatable bonds is 9. The molecular formula is C13H23N3O2S. The Kier molecular flexibility index (Phi) is 6.94. The Bertz CT molecular complexity index is 448. The first-order valence-electron chi connectivity index (χ1n) is 6.78. The normalized spacial score (nSPS) is 13.4. The fourth-order valence-electron chi connectivity index (χ4n) is 1.82. The van der Waals surface area contributed by atoms with Crippen LogP contribution in [0.25, 0.3) is 0 Å². The topological polar surface area (TPSA) is 72.0 Å². The van der Waals surface area contributed by atoms with E-state index in [-0.39, 0.29) is 17.5 Å². The number of nitrogens with one attached hydrogen (secondary N) is 1. The van der Waals surface area contributed by atoms with Gasteiger partial charge in [0.2, 0.25) is 0 Å². The predicted octanol–water partition coefficient (Wildman–Crippen LogP) is 1.73. The summed E-state index contributed by atoms with van der Waals surface area (Å²) >= 11 is 0. The standard InChI is InChI=1S/C13H23N3O2S/c1-3-7-15-12(13-11-14-8-9-16-13)6-5-10-19(17,18)4-2/h8-9,11-12,15H,3-7,10H2,1-2H3. The Morgan fingerprint density at radius 2 is 2.11 bits per heavy atom. The van der Waals surface area contributed by atoms with Crippen molar-refractivity contribution in [2.24, 2.45) is 0 Å². The van der Waals surface area contributed by atoms with Gasteiger partial charge in [-0.3, -0.25) is 9.97 Å². The summed E-state index contributed by atoms with van der Waals surface area (Å²) in [7, 11) is -2.88. The van der Waals surface area contributed by atoms with E-state index in [4.69, 9.17) is 0 Å². The van der Waals surface area contributed by atoms with Gasteiger partial charge in [0.1, 0.15) is 9.84 Å². The zero-order chi connectivity index (χ0) is 14.1. The number of hydrogen-bond donors (Lipinski definition) is 1. The van der Waals surface area contributed by atoms with Crippen LogP contribution in [-0.4, -0.2) is 36.4 Å². The van der Waals surface area contributed by atoms with Crippen LogP contribution in [0.5, 0.6) is 0 Å². The zero-order valence-electron chi connectivity index (χ0n) is 11.7. The highest BCUT2D eigenvalue weighted by Crippen LogP contribution is 2.16. The second-order valence-corrected chi connectivity index (χ2v) is 6.99. The average molecular weight is 285 g/mol. The van der Waals surface area contributed by atoms with Gasteiger partial charge in [-0.1, -0.05) is 13.8 Å². The molecule has 0 bridgehead atoms. The molecule has 0 amide bonds. The van der Waals surface area contributed by atoms with Crippen molar-refractivity contribution in [2.75, 3.05) is 18.1 Å². The van der Waals surface area contributed by atoms with Crippen molar-refractivity contribution in [3.05, 3.63) is 24.3 Å². The van der Waals surface area contributed by atoms with Gasteiger partial charge in [-0.2, -0.15) is 0 Å². The van der Waals surface area contributed by atoms with E-state index in [0.29, 0.717) is 6.42 Å². The molecule has 1 rings (SSSR count). The van der Waals surface area contributed by atoms with Gasteiger partial charge in [-0.15, -0.1) is 0 Å². The SMILES string of the molecule is CCCNC(CCCS(=O)(=O)CC)c1cnccn1. The van der Waals surface area contributed by atoms with Gasteiger partial charge >= 0.3 is 0 Å². The summed E-state index contributed by atoms with van der Waals surface area (Å²) in [5.74, 6) is 0.458. The lowest BCUT2D eigenvalue weighted by molar-refractivity contribution is 0.481. The molecule has 1 unspecified atom stereocenters. The molecule has 0 saturated carbocycles. The number of sulfone groups is 1. The first-order chi connectivity index (χ1) is 9.09. The van der Waals surface area contributed by atoms with Crippen molar-refractivity contribution in [1.82, 2.24) is 15.3 Å². The first-order valence-corrected chi connectivity index (χ1v) is 8.61. The Labute approximate surface area is 115 Å². The van der Waals surface area contributed by atoms with Crippen molar-refractivity contribution in [2.45, 2.75) is 39.2 Å². The van der Waals surface area contributed by atoms with Gasteiger partial charge in [0.15, 0.2) is 0 Å². The number of hydrogen-bond acceptors (Lipinski definition) is 5. The van der Waals surface area contributed by atoms with Crippen LogP contribution < -0.4 is 5.32 Å². The maximum Gasteiger partial charge on any atom is 0.150 e. The molecular weight excluding hydrogens is 262 g/mol. The average Bonchev–Trinajstić information content (AvgIpc) is 2.43. The fraction of sp³-hybridized carbons (Fsp3) is 0.692. The Balaban J connectivity index is 2.56. The second kappa shape index (κ2) is 8.22. The Morgan fingerprint density at radius 3 is 2.68 bits per heavy atom. The Hall–Kier alpha value is -1.01. The predicted molar refractivity (Wildman–Crippen MR) is 76.6 cm³/mol. The van der Waals surface area contributed by atoms with E-state index < -0.39 is 9.84 Å². The van der Waals surface area contributed by atoms with Gasteiger partial charge in [0, 0.05) is 24.3 Å². The quantitative estimate of drug-likeness (QED) is 0.748. The van der Waals surface area contributed by atoms with E-state index in [9.17, 15) is 8.42 Å². The van der Waals surface area contributed by atoms with E-state index in [1.807, 2.05) is 0 Å². The van der Waals surface area contributed by atoms with Gasteiger partial charge in [-0.25, -0.2) is 8.42 Å². The highest BCUT2D eigenvalue weighted by Gasteiger charge is 2.14. The third-order valence-corrected chi connectivity index (χ3v) is 4.76. The summed E-state index contributed by atoms with van der Waals surface area (Å²) in [4.78, 5) is 8.36. The summed E-state index contributed by atoms with van der Waals surface area (Å²) in [6, 6.07) is 0.0840. The molecule has 1 heterocycles. The summed E-state index contributed by atoms with van der Waals surface area (Å²) < 4.78 is 23.0. The third kappa shape index (κ3) is 6.11. The molecule has 5 nitrogen and oxygen atoms in total. The molecule has 0 aliphatic carbocycles. The van der Waals surface area contributed by atoms with Gasteiger partial charge in [-0.05, 0) is 25.8 Å². The molecule has 108 valence electrons. The molecule has 0 aromatic carbocycles. The fourth-order valence-corrected chi connectivity index (χ4v) is 2.71. The summed E-state index contributed by atoms with van der Waals surface area (Å²) in [6.45, 7) is 4.68. The van der Waals surface area contributed by atoms with Crippen LogP contribution in [0.15, 0.2) is 18.6 Å². The molecule has 1 atom stereocenters. The van der Waals surface area contributed by atoms with Crippen molar-refractivity contribution >= 4 is 9.84 Å². The van der Waals surface area contributed by atoms with E-state index in [1.165, 1.54) is 0 Å². The van der Waals surface area contributed by atoms with Crippen LogP contribution in [0.3, 0.4) is 0 Å². The van der Waals surface area contributed by atoms with E-state index in [2.05, 4.69) is 22.2 Å². The van der Waals surface area contributed by atoms with Crippen LogP contribution in [-0.2, 0) is 9.84 Å². The van der Waals surface area contributed by atoms with Crippen LogP contribution in [0, 0.1) is 0 Å². The number of nitrogens with zero attached hydrogens (tertiary/aromatic N) is 2. The van der Waals surface area contributed by atoms with Gasteiger partial charge in [0.05, 0.1) is 17.5 Å². The van der Waals surface area contributed by atoms with Crippen molar-refractivity contribution in [1.29, 1.82) is 0 Å². The molecule has 0 fully saturated rings. The number of aromatic nitrogens is 2. The molecule has 0 spiro atoms. The first kappa shape index (κ1) is 16.0. The molecule has 0 saturated heterocycles. The van der Waals surface area contributed by atoms with Crippen molar-refractivity contribution in [3.8, 4) is 0 Å². The van der Waals surface area contributed by atoms with Crippen LogP contribution in [0.4, 0.5) is 0 Å². The van der Waals surface area contributed by atoms with Crippen molar-refractivity contribution < 1.29 is 8.42 Å². The minimum absolute atomic E-state index is 0.0840. The minimum atomic E-state index is -2.88. The summed E-state index contributed by atoms with van der Waals surface area (Å²) in [6.07, 6.45) is 7.48. The van der Waals surface area contributed by atoms with E-state index in [1.54, 1.807) is 25.5 Å². The van der Waals surface area contributed by atoms with E-state index >= 15 is 0 Å². The smallest absolute Gasteiger partial charge is 0.150 e. The molecule has 0 aliphatic rings. The van der Waals surface area contributed by atoms with Gasteiger partial charge in [0.25, 0.3) is 0 Å². The van der Waals surface area contributed by atoms with E-state index in [0.717, 1.165) is 25.1 Å². The summed E-state index contributed by atoms with van der Waals surface area (Å²) in [5, 5.41) is 3.39. The molecule has 0 aliphatic heterocycles. The lowest BCUT2D eigenvalue weighted by Crippen LogP contribution is -2.24. The maximum absolute atomic E-state index is 11.5. The van der Waals surface area contributed by atoms with Gasteiger partial charge < -0.3 is 5.32 Å². The minimum Gasteiger partial charge on any atom is -0.309 e. The highest BCUT2D eigenvalue weighted by atomic mass is 32.2. The molecule has 1 aromatic rings. The second-order valence-electron chi connectivity index (χ2n) is 4.52. The molecule has 0 radical (unpaired) electrons.